The second-order valence-corrected chi connectivity index (χ2v) is 10.0. The summed E-state index contributed by atoms with van der Waals surface area (Å²) in [6, 6.07) is 6.26. The lowest BCUT2D eigenvalue weighted by atomic mass is 10.1. The van der Waals surface area contributed by atoms with Gasteiger partial charge in [-0.15, -0.1) is 0 Å². The Morgan fingerprint density at radius 2 is 1.68 bits per heavy atom. The van der Waals surface area contributed by atoms with Crippen LogP contribution in [0.2, 0.25) is 0 Å². The van der Waals surface area contributed by atoms with Crippen molar-refractivity contribution in [1.29, 1.82) is 0 Å². The summed E-state index contributed by atoms with van der Waals surface area (Å²) in [6.07, 6.45) is 2.95. The molecule has 1 aliphatic rings. The number of piperidine rings is 1. The highest BCUT2D eigenvalue weighted by Crippen LogP contribution is 2.22. The fourth-order valence-corrected chi connectivity index (χ4v) is 5.53. The molecule has 1 aromatic carbocycles. The number of nitrogens with one attached hydrogen (secondary N) is 2. The maximum absolute atomic E-state index is 12.7. The highest BCUT2D eigenvalue weighted by molar-refractivity contribution is 7.92. The predicted molar refractivity (Wildman–Crippen MR) is 99.6 cm³/mol. The van der Waals surface area contributed by atoms with E-state index in [1.54, 1.807) is 0 Å². The van der Waals surface area contributed by atoms with E-state index in [4.69, 9.17) is 0 Å². The summed E-state index contributed by atoms with van der Waals surface area (Å²) in [4.78, 5) is 0.187. The fraction of sp³-hybridized carbons (Fsp3) is 0.625. The summed E-state index contributed by atoms with van der Waals surface area (Å²) in [7, 11) is -5.05. The average Bonchev–Trinajstić information content (AvgIpc) is 2.60. The Bertz CT molecular complexity index is 753. The molecule has 2 N–H and O–H groups in total. The largest absolute Gasteiger partial charge is 0.317 e. The zero-order chi connectivity index (χ0) is 18.5. The van der Waals surface area contributed by atoms with E-state index in [9.17, 15) is 16.8 Å². The number of unbranched alkanes of at least 4 members (excludes halogenated alkanes) is 1. The topological polar surface area (TPSA) is 95.6 Å². The quantitative estimate of drug-likeness (QED) is 0.704. The molecule has 25 heavy (non-hydrogen) atoms. The van der Waals surface area contributed by atoms with Gasteiger partial charge in [0.25, 0.3) is 0 Å². The number of hydrogen-bond acceptors (Lipinski definition) is 5. The average molecular weight is 390 g/mol. The highest BCUT2D eigenvalue weighted by Gasteiger charge is 2.28. The summed E-state index contributed by atoms with van der Waals surface area (Å²) in [6.45, 7) is 2.90. The predicted octanol–water partition coefficient (Wildman–Crippen LogP) is 1.60. The Morgan fingerprint density at radius 3 is 2.20 bits per heavy atom. The first kappa shape index (κ1) is 20.2. The van der Waals surface area contributed by atoms with E-state index in [0.717, 1.165) is 19.3 Å². The van der Waals surface area contributed by atoms with Crippen LogP contribution >= 0.6 is 0 Å². The van der Waals surface area contributed by atoms with Gasteiger partial charge < -0.3 is 5.32 Å². The summed E-state index contributed by atoms with van der Waals surface area (Å²) >= 11 is 0. The number of hydrogen-bond donors (Lipinski definition) is 2. The molecule has 0 amide bonds. The van der Waals surface area contributed by atoms with Gasteiger partial charge >= 0.3 is 0 Å². The maximum Gasteiger partial charge on any atom is 0.243 e. The minimum Gasteiger partial charge on any atom is -0.317 e. The van der Waals surface area contributed by atoms with Crippen LogP contribution < -0.4 is 10.0 Å². The molecule has 2 rings (SSSR count). The van der Waals surface area contributed by atoms with Gasteiger partial charge in [0.1, 0.15) is 0 Å². The van der Waals surface area contributed by atoms with Gasteiger partial charge in [0.15, 0.2) is 0 Å². The van der Waals surface area contributed by atoms with Gasteiger partial charge in [-0.25, -0.2) is 16.8 Å². The van der Waals surface area contributed by atoms with Crippen LogP contribution in [0.4, 0.5) is 5.69 Å². The molecule has 0 aliphatic carbocycles. The second-order valence-electron chi connectivity index (χ2n) is 6.27. The van der Waals surface area contributed by atoms with Crippen molar-refractivity contribution in [3.63, 3.8) is 0 Å². The SMILES string of the molecule is CCCCS(=O)(=O)Nc1ccc(S(=O)(=O)N2CCC(NC)CC2)cc1. The molecule has 1 heterocycles. The molecule has 1 saturated heterocycles. The van der Waals surface area contributed by atoms with E-state index in [2.05, 4.69) is 10.0 Å². The molecule has 0 saturated carbocycles. The van der Waals surface area contributed by atoms with Crippen molar-refractivity contribution in [2.75, 3.05) is 30.6 Å². The van der Waals surface area contributed by atoms with E-state index < -0.39 is 20.0 Å². The molecule has 0 spiro atoms. The maximum atomic E-state index is 12.7. The first-order valence-corrected chi connectivity index (χ1v) is 11.7. The van der Waals surface area contributed by atoms with Crippen LogP contribution in [0.15, 0.2) is 29.2 Å². The number of benzene rings is 1. The van der Waals surface area contributed by atoms with Crippen molar-refractivity contribution in [1.82, 2.24) is 9.62 Å². The molecule has 1 aromatic rings. The Balaban J connectivity index is 2.06. The van der Waals surface area contributed by atoms with E-state index in [-0.39, 0.29) is 10.6 Å². The highest BCUT2D eigenvalue weighted by atomic mass is 32.2. The van der Waals surface area contributed by atoms with Crippen LogP contribution in [0.1, 0.15) is 32.6 Å². The van der Waals surface area contributed by atoms with Crippen LogP contribution in [-0.4, -0.2) is 53.1 Å². The lowest BCUT2D eigenvalue weighted by Gasteiger charge is -2.31. The Labute approximate surface area is 150 Å². The molecule has 7 nitrogen and oxygen atoms in total. The van der Waals surface area contributed by atoms with Crippen molar-refractivity contribution in [2.45, 2.75) is 43.5 Å². The molecular formula is C16H27N3O4S2. The van der Waals surface area contributed by atoms with Crippen molar-refractivity contribution in [2.24, 2.45) is 0 Å². The van der Waals surface area contributed by atoms with Gasteiger partial charge in [0, 0.05) is 24.8 Å². The van der Waals surface area contributed by atoms with E-state index in [0.29, 0.717) is 31.2 Å². The Kier molecular flexibility index (Phi) is 6.84. The molecule has 142 valence electrons. The van der Waals surface area contributed by atoms with Crippen molar-refractivity contribution in [3.05, 3.63) is 24.3 Å². The van der Waals surface area contributed by atoms with Gasteiger partial charge in [0.05, 0.1) is 10.6 Å². The summed E-state index contributed by atoms with van der Waals surface area (Å²) in [5, 5.41) is 3.17. The molecule has 0 atom stereocenters. The number of anilines is 1. The minimum atomic E-state index is -3.54. The minimum absolute atomic E-state index is 0.0595. The van der Waals surface area contributed by atoms with E-state index >= 15 is 0 Å². The smallest absolute Gasteiger partial charge is 0.243 e. The summed E-state index contributed by atoms with van der Waals surface area (Å²) in [5.41, 5.74) is 0.379. The lowest BCUT2D eigenvalue weighted by Crippen LogP contribution is -2.43. The molecular weight excluding hydrogens is 362 g/mol. The van der Waals surface area contributed by atoms with Crippen LogP contribution in [0.25, 0.3) is 0 Å². The molecule has 0 aromatic heterocycles. The zero-order valence-electron chi connectivity index (χ0n) is 14.7. The van der Waals surface area contributed by atoms with Crippen LogP contribution in [0.5, 0.6) is 0 Å². The number of sulfonamides is 2. The first-order valence-electron chi connectivity index (χ1n) is 8.56. The van der Waals surface area contributed by atoms with Crippen molar-refractivity contribution < 1.29 is 16.8 Å². The third-order valence-electron chi connectivity index (χ3n) is 4.39. The van der Waals surface area contributed by atoms with Gasteiger partial charge in [0.2, 0.25) is 20.0 Å². The van der Waals surface area contributed by atoms with E-state index in [1.165, 1.54) is 28.6 Å². The molecule has 0 unspecified atom stereocenters. The number of nitrogens with zero attached hydrogens (tertiary/aromatic N) is 1. The number of rotatable bonds is 8. The molecule has 0 bridgehead atoms. The van der Waals surface area contributed by atoms with Crippen molar-refractivity contribution >= 4 is 25.7 Å². The fourth-order valence-electron chi connectivity index (χ4n) is 2.79. The molecule has 1 fully saturated rings. The monoisotopic (exact) mass is 389 g/mol. The van der Waals surface area contributed by atoms with Crippen LogP contribution in [0, 0.1) is 0 Å². The summed E-state index contributed by atoms with van der Waals surface area (Å²) in [5.74, 6) is 0.0595. The lowest BCUT2D eigenvalue weighted by molar-refractivity contribution is 0.298. The zero-order valence-corrected chi connectivity index (χ0v) is 16.4. The second kappa shape index (κ2) is 8.48. The first-order chi connectivity index (χ1) is 11.8. The Morgan fingerprint density at radius 1 is 1.08 bits per heavy atom. The van der Waals surface area contributed by atoms with Crippen molar-refractivity contribution in [3.8, 4) is 0 Å². The third kappa shape index (κ3) is 5.40. The molecule has 0 radical (unpaired) electrons. The van der Waals surface area contributed by atoms with Gasteiger partial charge in [-0.2, -0.15) is 4.31 Å². The standard InChI is InChI=1S/C16H27N3O4S2/c1-3-4-13-24(20,21)18-15-5-7-16(8-6-15)25(22,23)19-11-9-14(17-2)10-12-19/h5-8,14,17-18H,3-4,9-13H2,1-2H3. The Hall–Kier alpha value is -1.16. The van der Waals surface area contributed by atoms with Gasteiger partial charge in [-0.3, -0.25) is 4.72 Å². The van der Waals surface area contributed by atoms with Gasteiger partial charge in [-0.1, -0.05) is 13.3 Å². The van der Waals surface area contributed by atoms with Gasteiger partial charge in [-0.05, 0) is 50.6 Å². The van der Waals surface area contributed by atoms with Crippen LogP contribution in [-0.2, 0) is 20.0 Å². The molecule has 9 heteroatoms. The normalized spacial score (nSPS) is 17.5. The molecule has 1 aliphatic heterocycles. The van der Waals surface area contributed by atoms with Crippen LogP contribution in [0.3, 0.4) is 0 Å². The van der Waals surface area contributed by atoms with E-state index in [1.807, 2.05) is 14.0 Å². The third-order valence-corrected chi connectivity index (χ3v) is 7.68. The summed E-state index contributed by atoms with van der Waals surface area (Å²) < 4.78 is 53.1.